The van der Waals surface area contributed by atoms with Crippen LogP contribution < -0.4 is 20.2 Å². The zero-order valence-electron chi connectivity index (χ0n) is 27.4. The minimum Gasteiger partial charge on any atom is -0.489 e. The largest absolute Gasteiger partial charge is 0.489 e. The van der Waals surface area contributed by atoms with Crippen molar-refractivity contribution in [3.8, 4) is 11.4 Å². The molecule has 17 heteroatoms. The van der Waals surface area contributed by atoms with Crippen LogP contribution in [-0.2, 0) is 21.8 Å². The van der Waals surface area contributed by atoms with Gasteiger partial charge >= 0.3 is 5.69 Å². The summed E-state index contributed by atoms with van der Waals surface area (Å²) < 4.78 is 38.3. The van der Waals surface area contributed by atoms with Crippen LogP contribution >= 0.6 is 23.2 Å². The van der Waals surface area contributed by atoms with Crippen molar-refractivity contribution in [2.75, 3.05) is 49.2 Å². The minimum atomic E-state index is -1.24. The van der Waals surface area contributed by atoms with Crippen LogP contribution in [0.2, 0.25) is 10.0 Å². The first-order chi connectivity index (χ1) is 24.2. The number of piperazine rings is 1. The van der Waals surface area contributed by atoms with E-state index in [0.717, 1.165) is 12.2 Å². The summed E-state index contributed by atoms with van der Waals surface area (Å²) in [4.78, 5) is 21.6. The van der Waals surface area contributed by atoms with E-state index in [4.69, 9.17) is 37.4 Å². The number of nitrogens with zero attached hydrogens (tertiary/aromatic N) is 10. The average molecular weight is 726 g/mol. The van der Waals surface area contributed by atoms with Crippen molar-refractivity contribution < 1.29 is 18.6 Å². The summed E-state index contributed by atoms with van der Waals surface area (Å²) in [5.74, 6) is -0.255. The zero-order valence-corrected chi connectivity index (χ0v) is 28.9. The maximum absolute atomic E-state index is 15.3. The fraction of sp³-hybridized carbons (Fsp3) is 0.394. The van der Waals surface area contributed by atoms with Gasteiger partial charge in [0.15, 0.2) is 0 Å². The third kappa shape index (κ3) is 6.90. The van der Waals surface area contributed by atoms with Crippen LogP contribution in [0.15, 0.2) is 72.2 Å². The van der Waals surface area contributed by atoms with Crippen molar-refractivity contribution in [2.24, 2.45) is 0 Å². The number of benzene rings is 2. The van der Waals surface area contributed by atoms with Crippen molar-refractivity contribution in [3.63, 3.8) is 0 Å². The number of aromatic nitrogens is 8. The Bertz CT molecular complexity index is 1990. The molecule has 3 atom stereocenters. The fourth-order valence-corrected chi connectivity index (χ4v) is 6.65. The first kappa shape index (κ1) is 33.9. The molecule has 0 saturated carbocycles. The third-order valence-corrected chi connectivity index (χ3v) is 9.52. The highest BCUT2D eigenvalue weighted by Gasteiger charge is 2.46. The Hall–Kier alpha value is -4.57. The highest BCUT2D eigenvalue weighted by atomic mass is 35.5. The lowest BCUT2D eigenvalue weighted by Crippen LogP contribution is -2.47. The average Bonchev–Trinajstić information content (AvgIpc) is 3.88. The van der Waals surface area contributed by atoms with Crippen molar-refractivity contribution in [1.29, 1.82) is 0 Å². The molecule has 2 aliphatic rings. The molecule has 5 heterocycles. The van der Waals surface area contributed by atoms with E-state index in [1.54, 1.807) is 36.5 Å². The van der Waals surface area contributed by atoms with Crippen LogP contribution in [0.5, 0.6) is 5.75 Å². The third-order valence-electron chi connectivity index (χ3n) is 8.97. The van der Waals surface area contributed by atoms with Crippen LogP contribution in [0.1, 0.15) is 31.9 Å². The highest BCUT2D eigenvalue weighted by Crippen LogP contribution is 2.40. The van der Waals surface area contributed by atoms with E-state index < -0.39 is 11.9 Å². The molecule has 14 nitrogen and oxygen atoms in total. The second-order valence-electron chi connectivity index (χ2n) is 12.2. The topological polar surface area (TPSA) is 130 Å². The summed E-state index contributed by atoms with van der Waals surface area (Å²) in [6.45, 7) is 7.05. The van der Waals surface area contributed by atoms with Gasteiger partial charge in [0.2, 0.25) is 5.79 Å². The molecule has 0 spiro atoms. The molecular formula is C33H35Cl2FN10O4. The lowest BCUT2D eigenvalue weighted by atomic mass is 10.1. The number of anilines is 2. The number of tetrazole rings is 1. The second kappa shape index (κ2) is 14.3. The number of rotatable bonds is 11. The van der Waals surface area contributed by atoms with Gasteiger partial charge in [0, 0.05) is 42.8 Å². The van der Waals surface area contributed by atoms with Crippen molar-refractivity contribution in [1.82, 2.24) is 39.5 Å². The second-order valence-corrected chi connectivity index (χ2v) is 13.0. The molecule has 3 aromatic heterocycles. The maximum atomic E-state index is 15.3. The summed E-state index contributed by atoms with van der Waals surface area (Å²) in [7, 11) is 0. The standard InChI is InChI=1S/C33H35Cl2FN10O4/c1-3-22(2)46-32(47)45(21-39-46)24-5-8-30(29(36)15-24)42-10-12-43(13-11-42)31-9-6-25(16-37-31)48-17-26-18-49-33(50-26,19-44-20-38-40-41-44)27-7-4-23(34)14-28(27)35/h4-9,14-16,20-22,26H,3,10-13,17-19H2,1-2H3/t22?,26-,33-/m1/s1. The Kier molecular flexibility index (Phi) is 9.73. The van der Waals surface area contributed by atoms with Crippen LogP contribution in [0.3, 0.4) is 0 Å². The zero-order chi connectivity index (χ0) is 34.8. The maximum Gasteiger partial charge on any atom is 0.350 e. The van der Waals surface area contributed by atoms with E-state index in [9.17, 15) is 4.79 Å². The van der Waals surface area contributed by atoms with Crippen molar-refractivity contribution in [2.45, 2.75) is 44.7 Å². The van der Waals surface area contributed by atoms with Gasteiger partial charge in [-0.3, -0.25) is 0 Å². The molecule has 262 valence electrons. The summed E-state index contributed by atoms with van der Waals surface area (Å²) in [6.07, 6.45) is 4.94. The van der Waals surface area contributed by atoms with E-state index in [-0.39, 0.29) is 37.3 Å². The molecule has 2 saturated heterocycles. The molecular weight excluding hydrogens is 690 g/mol. The van der Waals surface area contributed by atoms with Crippen molar-refractivity contribution >= 4 is 34.7 Å². The van der Waals surface area contributed by atoms with Gasteiger partial charge in [-0.25, -0.2) is 28.1 Å². The molecule has 0 bridgehead atoms. The Labute approximate surface area is 296 Å². The normalized spacial score (nSPS) is 20.0. The van der Waals surface area contributed by atoms with Gasteiger partial charge in [-0.2, -0.15) is 5.10 Å². The van der Waals surface area contributed by atoms with Crippen LogP contribution in [0, 0.1) is 5.82 Å². The van der Waals surface area contributed by atoms with E-state index in [0.29, 0.717) is 58.9 Å². The van der Waals surface area contributed by atoms with Gasteiger partial charge in [-0.15, -0.1) is 5.10 Å². The molecule has 2 fully saturated rings. The minimum absolute atomic E-state index is 0.0396. The number of hydrogen-bond donors (Lipinski definition) is 0. The summed E-state index contributed by atoms with van der Waals surface area (Å²) in [5.41, 5.74) is 1.25. The van der Waals surface area contributed by atoms with Crippen LogP contribution in [-0.4, -0.2) is 85.0 Å². The van der Waals surface area contributed by atoms with Crippen molar-refractivity contribution in [3.05, 3.63) is 99.3 Å². The molecule has 0 aliphatic carbocycles. The predicted molar refractivity (Wildman–Crippen MR) is 184 cm³/mol. The van der Waals surface area contributed by atoms with Crippen LogP contribution in [0.25, 0.3) is 5.69 Å². The monoisotopic (exact) mass is 724 g/mol. The number of ether oxygens (including phenoxy) is 3. The van der Waals surface area contributed by atoms with E-state index in [1.165, 1.54) is 32.7 Å². The van der Waals surface area contributed by atoms with E-state index in [2.05, 4.69) is 30.5 Å². The molecule has 0 N–H and O–H groups in total. The molecule has 2 aliphatic heterocycles. The van der Waals surface area contributed by atoms with Gasteiger partial charge in [-0.1, -0.05) is 36.2 Å². The Balaban J connectivity index is 0.939. The highest BCUT2D eigenvalue weighted by molar-refractivity contribution is 6.35. The SMILES string of the molecule is CCC(C)n1ncn(-c2ccc(N3CCN(c4ccc(OC[C@@H]5CO[C@@](Cn6cnnn6)(c6ccc(Cl)cc6Cl)O5)cn4)CC3)c(F)c2)c1=O. The van der Waals surface area contributed by atoms with E-state index in [1.807, 2.05) is 30.9 Å². The van der Waals surface area contributed by atoms with Gasteiger partial charge in [0.1, 0.15) is 49.3 Å². The Morgan fingerprint density at radius 1 is 1.06 bits per heavy atom. The van der Waals surface area contributed by atoms with E-state index >= 15 is 4.39 Å². The van der Waals surface area contributed by atoms with Crippen LogP contribution in [0.4, 0.5) is 15.9 Å². The first-order valence-corrected chi connectivity index (χ1v) is 17.0. The lowest BCUT2D eigenvalue weighted by molar-refractivity contribution is -0.190. The summed E-state index contributed by atoms with van der Waals surface area (Å²) in [5, 5.41) is 16.5. The summed E-state index contributed by atoms with van der Waals surface area (Å²) in [6, 6.07) is 13.7. The number of hydrogen-bond acceptors (Lipinski definition) is 11. The quantitative estimate of drug-likeness (QED) is 0.191. The predicted octanol–water partition coefficient (Wildman–Crippen LogP) is 4.51. The van der Waals surface area contributed by atoms with Gasteiger partial charge in [0.25, 0.3) is 0 Å². The number of pyridine rings is 1. The number of halogens is 3. The molecule has 0 radical (unpaired) electrons. The van der Waals surface area contributed by atoms with Gasteiger partial charge in [0.05, 0.1) is 35.2 Å². The molecule has 7 rings (SSSR count). The smallest absolute Gasteiger partial charge is 0.350 e. The molecule has 2 aromatic carbocycles. The Morgan fingerprint density at radius 2 is 1.88 bits per heavy atom. The lowest BCUT2D eigenvalue weighted by Gasteiger charge is -2.36. The fourth-order valence-electron chi connectivity index (χ4n) is 6.10. The van der Waals surface area contributed by atoms with Gasteiger partial charge in [-0.05, 0) is 60.2 Å². The molecule has 1 unspecified atom stereocenters. The molecule has 0 amide bonds. The van der Waals surface area contributed by atoms with Gasteiger partial charge < -0.3 is 24.0 Å². The summed E-state index contributed by atoms with van der Waals surface area (Å²) >= 11 is 12.7. The Morgan fingerprint density at radius 3 is 2.58 bits per heavy atom. The molecule has 50 heavy (non-hydrogen) atoms. The first-order valence-electron chi connectivity index (χ1n) is 16.3. The molecule has 5 aromatic rings.